The molecule has 11 nitrogen and oxygen atoms in total. The lowest BCUT2D eigenvalue weighted by Gasteiger charge is -2.34. The summed E-state index contributed by atoms with van der Waals surface area (Å²) < 4.78 is 1.99. The second kappa shape index (κ2) is 11.1. The Morgan fingerprint density at radius 3 is 2.30 bits per heavy atom. The number of aliphatic carboxylic acids is 1. The molecule has 0 bridgehead atoms. The van der Waals surface area contributed by atoms with Gasteiger partial charge in [0.1, 0.15) is 5.69 Å². The van der Waals surface area contributed by atoms with Gasteiger partial charge in [0.05, 0.1) is 11.9 Å². The molecule has 0 aliphatic carbocycles. The van der Waals surface area contributed by atoms with E-state index >= 15 is 0 Å². The van der Waals surface area contributed by atoms with Crippen LogP contribution in [0.4, 0.5) is 0 Å². The van der Waals surface area contributed by atoms with E-state index in [9.17, 15) is 9.59 Å². The maximum absolute atomic E-state index is 13.7. The second-order valence-corrected chi connectivity index (χ2v) is 10.4. The van der Waals surface area contributed by atoms with Gasteiger partial charge < -0.3 is 24.2 Å². The molecular formula is C29H32N8O3. The molecule has 1 N–H and O–H groups in total. The topological polar surface area (TPSA) is 120 Å². The summed E-state index contributed by atoms with van der Waals surface area (Å²) in [6, 6.07) is 14.1. The zero-order valence-corrected chi connectivity index (χ0v) is 22.5. The third kappa shape index (κ3) is 5.17. The van der Waals surface area contributed by atoms with Gasteiger partial charge >= 0.3 is 5.97 Å². The summed E-state index contributed by atoms with van der Waals surface area (Å²) in [5.74, 6) is 0.264. The van der Waals surface area contributed by atoms with E-state index in [0.29, 0.717) is 37.0 Å². The van der Waals surface area contributed by atoms with Gasteiger partial charge in [-0.05, 0) is 37.6 Å². The molecule has 0 saturated carbocycles. The van der Waals surface area contributed by atoms with Gasteiger partial charge in [-0.3, -0.25) is 9.59 Å². The van der Waals surface area contributed by atoms with Gasteiger partial charge in [-0.2, -0.15) is 0 Å². The Labute approximate surface area is 232 Å². The third-order valence-electron chi connectivity index (χ3n) is 7.79. The summed E-state index contributed by atoms with van der Waals surface area (Å²) in [4.78, 5) is 31.1. The highest BCUT2D eigenvalue weighted by Gasteiger charge is 2.34. The predicted octanol–water partition coefficient (Wildman–Crippen LogP) is 2.60. The van der Waals surface area contributed by atoms with Crippen molar-refractivity contribution >= 4 is 17.4 Å². The van der Waals surface area contributed by atoms with Crippen LogP contribution in [0.3, 0.4) is 0 Å². The lowest BCUT2D eigenvalue weighted by Crippen LogP contribution is -2.47. The van der Waals surface area contributed by atoms with Crippen molar-refractivity contribution in [2.24, 2.45) is 0 Å². The Morgan fingerprint density at radius 1 is 0.900 bits per heavy atom. The molecule has 0 atom stereocenters. The maximum Gasteiger partial charge on any atom is 0.304 e. The van der Waals surface area contributed by atoms with Crippen LogP contribution in [0.15, 0.2) is 48.7 Å². The monoisotopic (exact) mass is 540 g/mol. The van der Waals surface area contributed by atoms with Gasteiger partial charge in [-0.1, -0.05) is 30.3 Å². The number of carbonyl (C=O) groups excluding carboxylic acids is 1. The largest absolute Gasteiger partial charge is 0.481 e. The summed E-state index contributed by atoms with van der Waals surface area (Å²) in [6.45, 7) is 8.16. The average molecular weight is 541 g/mol. The number of amides is 1. The molecule has 4 aromatic rings. The van der Waals surface area contributed by atoms with E-state index in [1.807, 2.05) is 45.8 Å². The van der Waals surface area contributed by atoms with Crippen LogP contribution >= 0.6 is 0 Å². The minimum atomic E-state index is -0.748. The molecule has 6 rings (SSSR count). The van der Waals surface area contributed by atoms with Crippen LogP contribution in [-0.2, 0) is 11.3 Å². The fourth-order valence-corrected chi connectivity index (χ4v) is 5.72. The van der Waals surface area contributed by atoms with E-state index in [0.717, 1.165) is 66.9 Å². The van der Waals surface area contributed by atoms with Crippen LogP contribution in [0.2, 0.25) is 0 Å². The van der Waals surface area contributed by atoms with E-state index in [1.54, 1.807) is 6.92 Å². The number of carboxylic acid groups (broad SMARTS) is 1. The molecule has 1 saturated heterocycles. The zero-order chi connectivity index (χ0) is 27.6. The van der Waals surface area contributed by atoms with E-state index in [4.69, 9.17) is 5.11 Å². The third-order valence-corrected chi connectivity index (χ3v) is 7.79. The Bertz CT molecular complexity index is 1530. The summed E-state index contributed by atoms with van der Waals surface area (Å²) >= 11 is 0. The van der Waals surface area contributed by atoms with Gasteiger partial charge in [-0.15, -0.1) is 20.4 Å². The number of aromatic nitrogens is 5. The first-order valence-electron chi connectivity index (χ1n) is 13.7. The standard InChI is InChI=1S/C29H32N8O3/c1-20-30-32-28(33-31-20)22-8-13-37-24(18-22)26(21-6-3-2-4-7-21)23-19-36(29(40)27(23)37)11-5-10-34-14-16-35(17-15-34)12-9-25(38)39/h2-4,6-8,13,18H,5,9-12,14-17,19H2,1H3,(H,38,39). The molecule has 206 valence electrons. The number of hydrogen-bond acceptors (Lipinski definition) is 8. The van der Waals surface area contributed by atoms with Crippen LogP contribution in [-0.4, -0.2) is 102 Å². The smallest absolute Gasteiger partial charge is 0.304 e. The number of fused-ring (bicyclic) bond motifs is 3. The minimum absolute atomic E-state index is 0.0494. The predicted molar refractivity (Wildman–Crippen MR) is 149 cm³/mol. The fraction of sp³-hybridized carbons (Fsp3) is 0.379. The van der Waals surface area contributed by atoms with Crippen LogP contribution in [0.25, 0.3) is 28.0 Å². The van der Waals surface area contributed by atoms with Gasteiger partial charge in [0.25, 0.3) is 5.91 Å². The van der Waals surface area contributed by atoms with E-state index in [2.05, 4.69) is 42.3 Å². The van der Waals surface area contributed by atoms with Crippen LogP contribution in [0, 0.1) is 6.92 Å². The van der Waals surface area contributed by atoms with Crippen LogP contribution in [0.5, 0.6) is 0 Å². The summed E-state index contributed by atoms with van der Waals surface area (Å²) in [5.41, 5.74) is 5.61. The number of rotatable bonds is 9. The molecule has 0 spiro atoms. The Kier molecular flexibility index (Phi) is 7.23. The fourth-order valence-electron chi connectivity index (χ4n) is 5.72. The van der Waals surface area contributed by atoms with Crippen molar-refractivity contribution < 1.29 is 14.7 Å². The Hall–Kier alpha value is -4.22. The highest BCUT2D eigenvalue weighted by molar-refractivity contribution is 6.04. The number of carboxylic acids is 1. The highest BCUT2D eigenvalue weighted by atomic mass is 16.4. The van der Waals surface area contributed by atoms with Crippen molar-refractivity contribution in [2.75, 3.05) is 45.8 Å². The number of nitrogens with zero attached hydrogens (tertiary/aromatic N) is 8. The van der Waals surface area contributed by atoms with Gasteiger partial charge in [0, 0.05) is 68.7 Å². The van der Waals surface area contributed by atoms with Gasteiger partial charge in [0.15, 0.2) is 5.82 Å². The number of aryl methyl sites for hydroxylation is 1. The van der Waals surface area contributed by atoms with E-state index < -0.39 is 5.97 Å². The number of pyridine rings is 1. The number of benzene rings is 1. The maximum atomic E-state index is 13.7. The zero-order valence-electron chi connectivity index (χ0n) is 22.5. The van der Waals surface area contributed by atoms with Crippen molar-refractivity contribution in [3.8, 4) is 22.5 Å². The van der Waals surface area contributed by atoms with E-state index in [1.165, 1.54) is 0 Å². The first-order chi connectivity index (χ1) is 19.5. The molecule has 1 amide bonds. The van der Waals surface area contributed by atoms with Crippen molar-refractivity contribution in [1.82, 2.24) is 39.5 Å². The molecular weight excluding hydrogens is 508 g/mol. The van der Waals surface area contributed by atoms with Crippen LogP contribution < -0.4 is 0 Å². The molecule has 40 heavy (non-hydrogen) atoms. The summed E-state index contributed by atoms with van der Waals surface area (Å²) in [6.07, 6.45) is 3.00. The highest BCUT2D eigenvalue weighted by Crippen LogP contribution is 2.39. The molecule has 1 fully saturated rings. The van der Waals surface area contributed by atoms with Crippen molar-refractivity contribution in [2.45, 2.75) is 26.3 Å². The summed E-state index contributed by atoms with van der Waals surface area (Å²) in [5, 5.41) is 25.4. The summed E-state index contributed by atoms with van der Waals surface area (Å²) in [7, 11) is 0. The van der Waals surface area contributed by atoms with Crippen molar-refractivity contribution in [3.63, 3.8) is 0 Å². The molecule has 3 aromatic heterocycles. The SMILES string of the molecule is Cc1nnc(-c2ccn3c4c(c(-c5ccccc5)c3c2)CN(CCCN2CCN(CCC(=O)O)CC2)C4=O)nn1. The minimum Gasteiger partial charge on any atom is -0.481 e. The number of hydrogen-bond donors (Lipinski definition) is 1. The molecule has 2 aliphatic heterocycles. The van der Waals surface area contributed by atoms with Crippen LogP contribution in [0.1, 0.15) is 34.7 Å². The first kappa shape index (κ1) is 26.0. The van der Waals surface area contributed by atoms with Crippen molar-refractivity contribution in [3.05, 3.63) is 65.7 Å². The first-order valence-corrected chi connectivity index (χ1v) is 13.7. The molecule has 1 aromatic carbocycles. The molecule has 5 heterocycles. The lowest BCUT2D eigenvalue weighted by atomic mass is 10.0. The average Bonchev–Trinajstić information content (AvgIpc) is 3.46. The molecule has 11 heteroatoms. The van der Waals surface area contributed by atoms with Crippen molar-refractivity contribution in [1.29, 1.82) is 0 Å². The van der Waals surface area contributed by atoms with E-state index in [-0.39, 0.29) is 12.3 Å². The quantitative estimate of drug-likeness (QED) is 0.342. The Balaban J connectivity index is 1.19. The number of carbonyl (C=O) groups is 2. The number of piperazine rings is 1. The molecule has 2 aliphatic rings. The normalized spacial score (nSPS) is 16.1. The Morgan fingerprint density at radius 2 is 1.60 bits per heavy atom. The van der Waals surface area contributed by atoms with Gasteiger partial charge in [0.2, 0.25) is 5.82 Å². The molecule has 0 radical (unpaired) electrons. The molecule has 0 unspecified atom stereocenters. The second-order valence-electron chi connectivity index (χ2n) is 10.4. The lowest BCUT2D eigenvalue weighted by molar-refractivity contribution is -0.137. The van der Waals surface area contributed by atoms with Gasteiger partial charge in [-0.25, -0.2) is 0 Å².